The Kier molecular flexibility index (Phi) is 6.46. The molecule has 1 amide bonds. The van der Waals surface area contributed by atoms with Gasteiger partial charge in [0, 0.05) is 12.1 Å². The predicted molar refractivity (Wildman–Crippen MR) is 110 cm³/mol. The highest BCUT2D eigenvalue weighted by Gasteiger charge is 2.20. The van der Waals surface area contributed by atoms with Crippen molar-refractivity contribution in [2.75, 3.05) is 23.0 Å². The maximum Gasteiger partial charge on any atom is 0.237 e. The average Bonchev–Trinajstić information content (AvgIpc) is 3.09. The van der Waals surface area contributed by atoms with E-state index in [0.29, 0.717) is 11.0 Å². The topological polar surface area (TPSA) is 101 Å². The molecule has 0 aliphatic rings. The zero-order chi connectivity index (χ0) is 20.8. The molecule has 148 valence electrons. The van der Waals surface area contributed by atoms with Gasteiger partial charge in [0.15, 0.2) is 5.82 Å². The van der Waals surface area contributed by atoms with Crippen molar-refractivity contribution in [2.45, 2.75) is 18.5 Å². The van der Waals surface area contributed by atoms with Crippen molar-refractivity contribution in [3.05, 3.63) is 59.9 Å². The monoisotopic (exact) mass is 410 g/mol. The summed E-state index contributed by atoms with van der Waals surface area (Å²) in [4.78, 5) is 14.0. The molecule has 0 bridgehead atoms. The lowest BCUT2D eigenvalue weighted by Gasteiger charge is -2.22. The highest BCUT2D eigenvalue weighted by molar-refractivity contribution is 7.99. The summed E-state index contributed by atoms with van der Waals surface area (Å²) in [6, 6.07) is 15.6. The molecule has 0 atom stereocenters. The number of hydrogen-bond acceptors (Lipinski definition) is 6. The fraction of sp³-hybridized carbons (Fsp3) is 0.200. The normalized spacial score (nSPS) is 10.5. The summed E-state index contributed by atoms with van der Waals surface area (Å²) in [7, 11) is 0. The van der Waals surface area contributed by atoms with Crippen LogP contribution < -0.4 is 10.7 Å². The van der Waals surface area contributed by atoms with Gasteiger partial charge in [-0.05, 0) is 19.1 Å². The second-order valence-electron chi connectivity index (χ2n) is 6.24. The minimum atomic E-state index is -0.521. The van der Waals surface area contributed by atoms with Crippen molar-refractivity contribution in [2.24, 2.45) is 0 Å². The van der Waals surface area contributed by atoms with Crippen molar-refractivity contribution in [3.8, 4) is 17.5 Å². The van der Waals surface area contributed by atoms with Gasteiger partial charge >= 0.3 is 0 Å². The van der Waals surface area contributed by atoms with Crippen LogP contribution in [0.2, 0.25) is 0 Å². The first-order valence-electron chi connectivity index (χ1n) is 8.83. The van der Waals surface area contributed by atoms with Crippen molar-refractivity contribution in [3.63, 3.8) is 0 Å². The van der Waals surface area contributed by atoms with Crippen LogP contribution in [0.15, 0.2) is 53.7 Å². The molecule has 9 heteroatoms. The van der Waals surface area contributed by atoms with Crippen LogP contribution in [0, 0.1) is 24.1 Å². The Morgan fingerprint density at radius 2 is 1.97 bits per heavy atom. The van der Waals surface area contributed by atoms with Gasteiger partial charge in [-0.2, -0.15) is 5.26 Å². The number of aryl methyl sites for hydroxylation is 1. The summed E-state index contributed by atoms with van der Waals surface area (Å²) < 4.78 is 15.5. The van der Waals surface area contributed by atoms with E-state index in [0.717, 1.165) is 22.9 Å². The molecule has 3 rings (SSSR count). The van der Waals surface area contributed by atoms with E-state index >= 15 is 0 Å². The molecule has 0 unspecified atom stereocenters. The van der Waals surface area contributed by atoms with Crippen LogP contribution in [0.25, 0.3) is 11.4 Å². The van der Waals surface area contributed by atoms with E-state index in [1.54, 1.807) is 12.1 Å². The third kappa shape index (κ3) is 4.73. The lowest BCUT2D eigenvalue weighted by Crippen LogP contribution is -2.34. The fourth-order valence-corrected chi connectivity index (χ4v) is 3.42. The summed E-state index contributed by atoms with van der Waals surface area (Å²) in [5, 5.41) is 17.4. The van der Waals surface area contributed by atoms with Gasteiger partial charge in [0.2, 0.25) is 11.1 Å². The van der Waals surface area contributed by atoms with Crippen LogP contribution in [0.5, 0.6) is 0 Å². The Balaban J connectivity index is 1.74. The number of carbonyl (C=O) groups is 1. The molecule has 1 aromatic heterocycles. The smallest absolute Gasteiger partial charge is 0.237 e. The summed E-state index contributed by atoms with van der Waals surface area (Å²) in [5.74, 6) is 5.68. The summed E-state index contributed by atoms with van der Waals surface area (Å²) in [6.07, 6.45) is 0.0926. The van der Waals surface area contributed by atoms with Crippen LogP contribution in [-0.4, -0.2) is 33.1 Å². The predicted octanol–water partition coefficient (Wildman–Crippen LogP) is 3.15. The molecule has 1 heterocycles. The fourth-order valence-electron chi connectivity index (χ4n) is 2.69. The van der Waals surface area contributed by atoms with E-state index < -0.39 is 5.82 Å². The van der Waals surface area contributed by atoms with Gasteiger partial charge in [-0.25, -0.2) is 9.07 Å². The number of carbonyl (C=O) groups excluding carboxylic acids is 1. The number of nitrogens with zero attached hydrogens (tertiary/aromatic N) is 5. The number of rotatable bonds is 7. The molecule has 7 nitrogen and oxygen atoms in total. The van der Waals surface area contributed by atoms with Crippen molar-refractivity contribution < 1.29 is 9.18 Å². The zero-order valence-electron chi connectivity index (χ0n) is 15.7. The molecule has 3 aromatic rings. The van der Waals surface area contributed by atoms with Gasteiger partial charge < -0.3 is 10.7 Å². The molecule has 0 spiro atoms. The summed E-state index contributed by atoms with van der Waals surface area (Å²) in [5.41, 5.74) is 2.07. The van der Waals surface area contributed by atoms with Crippen molar-refractivity contribution in [1.29, 1.82) is 5.26 Å². The lowest BCUT2D eigenvalue weighted by atomic mass is 10.1. The SMILES string of the molecule is Cc1ccc(-c2nnc(SCC(=O)N(CCC#N)c3ccccc3F)n2N)cc1. The quantitative estimate of drug-likeness (QED) is 0.474. The molecular weight excluding hydrogens is 391 g/mol. The first kappa shape index (κ1) is 20.4. The van der Waals surface area contributed by atoms with E-state index in [9.17, 15) is 9.18 Å². The maximum absolute atomic E-state index is 14.1. The number of halogens is 1. The van der Waals surface area contributed by atoms with Gasteiger partial charge in [-0.15, -0.1) is 10.2 Å². The Labute approximate surface area is 171 Å². The van der Waals surface area contributed by atoms with Crippen molar-refractivity contribution in [1.82, 2.24) is 14.9 Å². The van der Waals surface area contributed by atoms with Gasteiger partial charge in [-0.3, -0.25) is 4.79 Å². The van der Waals surface area contributed by atoms with Crippen LogP contribution in [0.3, 0.4) is 0 Å². The Morgan fingerprint density at radius 1 is 1.24 bits per heavy atom. The molecule has 0 aliphatic heterocycles. The number of nitrogen functional groups attached to an aromatic ring is 1. The van der Waals surface area contributed by atoms with Gasteiger partial charge in [0.25, 0.3) is 0 Å². The third-order valence-electron chi connectivity index (χ3n) is 4.19. The number of hydrogen-bond donors (Lipinski definition) is 1. The summed E-state index contributed by atoms with van der Waals surface area (Å²) in [6.45, 7) is 2.08. The number of benzene rings is 2. The second-order valence-corrected chi connectivity index (χ2v) is 7.18. The first-order chi connectivity index (χ1) is 14.0. The van der Waals surface area contributed by atoms with E-state index in [-0.39, 0.29) is 30.3 Å². The summed E-state index contributed by atoms with van der Waals surface area (Å²) >= 11 is 1.10. The van der Waals surface area contributed by atoms with Crippen LogP contribution in [0.1, 0.15) is 12.0 Å². The molecule has 2 N–H and O–H groups in total. The number of para-hydroxylation sites is 1. The van der Waals surface area contributed by atoms with Gasteiger partial charge in [0.1, 0.15) is 5.82 Å². The Bertz CT molecular complexity index is 1040. The maximum atomic E-state index is 14.1. The number of nitriles is 1. The molecule has 29 heavy (non-hydrogen) atoms. The molecular formula is C20H19FN6OS. The number of amides is 1. The minimum absolute atomic E-state index is 0.0248. The van der Waals surface area contributed by atoms with E-state index in [4.69, 9.17) is 11.1 Å². The van der Waals surface area contributed by atoms with Gasteiger partial charge in [0.05, 0.1) is 23.9 Å². The van der Waals surface area contributed by atoms with Crippen LogP contribution in [-0.2, 0) is 4.79 Å². The Hall–Kier alpha value is -3.38. The highest BCUT2D eigenvalue weighted by Crippen LogP contribution is 2.24. The Morgan fingerprint density at radius 3 is 2.66 bits per heavy atom. The molecule has 0 saturated carbocycles. The minimum Gasteiger partial charge on any atom is -0.335 e. The van der Waals surface area contributed by atoms with Crippen LogP contribution >= 0.6 is 11.8 Å². The molecule has 0 saturated heterocycles. The third-order valence-corrected chi connectivity index (χ3v) is 5.12. The number of anilines is 1. The number of thioether (sulfide) groups is 1. The molecule has 0 fully saturated rings. The average molecular weight is 410 g/mol. The zero-order valence-corrected chi connectivity index (χ0v) is 16.6. The standard InChI is InChI=1S/C20H19FN6OS/c1-14-7-9-15(10-8-14)19-24-25-20(27(19)23)29-13-18(28)26(12-4-11-22)17-6-3-2-5-16(17)21/h2-3,5-10H,4,12-13,23H2,1H3. The number of nitrogens with two attached hydrogens (primary N) is 1. The van der Waals surface area contributed by atoms with E-state index in [1.165, 1.54) is 21.7 Å². The first-order valence-corrected chi connectivity index (χ1v) is 9.82. The van der Waals surface area contributed by atoms with Crippen LogP contribution in [0.4, 0.5) is 10.1 Å². The van der Waals surface area contributed by atoms with E-state index in [1.807, 2.05) is 37.3 Å². The largest absolute Gasteiger partial charge is 0.335 e. The molecule has 2 aromatic carbocycles. The highest BCUT2D eigenvalue weighted by atomic mass is 32.2. The van der Waals surface area contributed by atoms with Gasteiger partial charge in [-0.1, -0.05) is 53.7 Å². The van der Waals surface area contributed by atoms with E-state index in [2.05, 4.69) is 10.2 Å². The second kappa shape index (κ2) is 9.21. The van der Waals surface area contributed by atoms with Crippen molar-refractivity contribution >= 4 is 23.4 Å². The molecule has 0 aliphatic carbocycles. The number of aromatic nitrogens is 3. The molecule has 0 radical (unpaired) electrons. The lowest BCUT2D eigenvalue weighted by molar-refractivity contribution is -0.116.